The Morgan fingerprint density at radius 2 is 2.00 bits per heavy atom. The van der Waals surface area contributed by atoms with Crippen LogP contribution in [-0.4, -0.2) is 35.5 Å². The number of amides is 1. The Hall–Kier alpha value is -2.43. The van der Waals surface area contributed by atoms with Crippen molar-refractivity contribution in [1.82, 2.24) is 15.3 Å². The van der Waals surface area contributed by atoms with E-state index in [1.807, 2.05) is 6.07 Å². The number of nitrogens with zero attached hydrogens (tertiary/aromatic N) is 3. The second-order valence-corrected chi connectivity index (χ2v) is 6.59. The number of rotatable bonds is 6. The molecule has 132 valence electrons. The van der Waals surface area contributed by atoms with Crippen molar-refractivity contribution >= 4 is 11.7 Å². The van der Waals surface area contributed by atoms with E-state index in [-0.39, 0.29) is 11.8 Å². The van der Waals surface area contributed by atoms with Crippen LogP contribution in [0.3, 0.4) is 0 Å². The summed E-state index contributed by atoms with van der Waals surface area (Å²) in [5.41, 5.74) is 1.29. The molecule has 0 saturated carbocycles. The molecule has 2 aromatic rings. The molecule has 1 fully saturated rings. The van der Waals surface area contributed by atoms with Crippen molar-refractivity contribution in [2.24, 2.45) is 5.92 Å². The van der Waals surface area contributed by atoms with Gasteiger partial charge in [0.25, 0.3) is 0 Å². The van der Waals surface area contributed by atoms with Crippen molar-refractivity contribution in [1.29, 1.82) is 0 Å². The number of nitrogens with one attached hydrogen (secondary N) is 1. The molecule has 0 spiro atoms. The van der Waals surface area contributed by atoms with Gasteiger partial charge in [0.05, 0.1) is 6.20 Å². The smallest absolute Gasteiger partial charge is 0.223 e. The van der Waals surface area contributed by atoms with Gasteiger partial charge >= 0.3 is 0 Å². The quantitative estimate of drug-likeness (QED) is 0.880. The largest absolute Gasteiger partial charge is 0.355 e. The molecular weight excluding hydrogens is 312 g/mol. The van der Waals surface area contributed by atoms with E-state index in [0.29, 0.717) is 12.5 Å². The Labute approximate surface area is 149 Å². The van der Waals surface area contributed by atoms with Crippen molar-refractivity contribution in [3.05, 3.63) is 54.5 Å². The SMILES string of the molecule is CCC(CNC(=O)C1CCN(c2cnccn2)CC1)c1ccccc1. The maximum atomic E-state index is 12.5. The van der Waals surface area contributed by atoms with Gasteiger partial charge in [-0.1, -0.05) is 37.3 Å². The number of aromatic nitrogens is 2. The lowest BCUT2D eigenvalue weighted by Crippen LogP contribution is -2.41. The van der Waals surface area contributed by atoms with E-state index in [9.17, 15) is 4.79 Å². The number of piperidine rings is 1. The molecule has 2 heterocycles. The van der Waals surface area contributed by atoms with Gasteiger partial charge in [-0.05, 0) is 24.8 Å². The molecule has 25 heavy (non-hydrogen) atoms. The molecule has 1 atom stereocenters. The predicted octanol–water partition coefficient (Wildman–Crippen LogP) is 3.00. The average Bonchev–Trinajstić information content (AvgIpc) is 2.70. The maximum Gasteiger partial charge on any atom is 0.223 e. The Morgan fingerprint density at radius 1 is 1.24 bits per heavy atom. The highest BCUT2D eigenvalue weighted by Gasteiger charge is 2.26. The lowest BCUT2D eigenvalue weighted by Gasteiger charge is -2.32. The first-order valence-electron chi connectivity index (χ1n) is 9.11. The van der Waals surface area contributed by atoms with Gasteiger partial charge in [-0.3, -0.25) is 9.78 Å². The third-order valence-corrected chi connectivity index (χ3v) is 5.03. The number of carbonyl (C=O) groups excluding carboxylic acids is 1. The third-order valence-electron chi connectivity index (χ3n) is 5.03. The molecule has 1 amide bonds. The van der Waals surface area contributed by atoms with Gasteiger partial charge in [-0.25, -0.2) is 4.98 Å². The summed E-state index contributed by atoms with van der Waals surface area (Å²) in [4.78, 5) is 23.2. The first-order chi connectivity index (χ1) is 12.3. The zero-order valence-corrected chi connectivity index (χ0v) is 14.8. The Kier molecular flexibility index (Phi) is 5.99. The van der Waals surface area contributed by atoms with Gasteiger partial charge in [0.15, 0.2) is 0 Å². The van der Waals surface area contributed by atoms with Gasteiger partial charge < -0.3 is 10.2 Å². The standard InChI is InChI=1S/C20H26N4O/c1-2-16(17-6-4-3-5-7-17)14-23-20(25)18-8-12-24(13-9-18)19-15-21-10-11-22-19/h3-7,10-11,15-16,18H,2,8-9,12-14H2,1H3,(H,23,25). The van der Waals surface area contributed by atoms with Crippen LogP contribution in [0.25, 0.3) is 0 Å². The van der Waals surface area contributed by atoms with Gasteiger partial charge in [-0.15, -0.1) is 0 Å². The minimum absolute atomic E-state index is 0.0983. The first-order valence-corrected chi connectivity index (χ1v) is 9.11. The van der Waals surface area contributed by atoms with Crippen LogP contribution in [0.15, 0.2) is 48.9 Å². The molecule has 5 nitrogen and oxygen atoms in total. The fraction of sp³-hybridized carbons (Fsp3) is 0.450. The molecule has 1 aromatic carbocycles. The summed E-state index contributed by atoms with van der Waals surface area (Å²) >= 11 is 0. The molecule has 0 bridgehead atoms. The second-order valence-electron chi connectivity index (χ2n) is 6.59. The van der Waals surface area contributed by atoms with Crippen LogP contribution < -0.4 is 10.2 Å². The molecule has 1 unspecified atom stereocenters. The minimum atomic E-state index is 0.0983. The fourth-order valence-electron chi connectivity index (χ4n) is 3.42. The van der Waals surface area contributed by atoms with Crippen LogP contribution in [0.1, 0.15) is 37.7 Å². The summed E-state index contributed by atoms with van der Waals surface area (Å²) in [7, 11) is 0. The van der Waals surface area contributed by atoms with E-state index in [2.05, 4.69) is 51.4 Å². The van der Waals surface area contributed by atoms with Gasteiger partial charge in [0, 0.05) is 43.9 Å². The van der Waals surface area contributed by atoms with Gasteiger partial charge in [0.2, 0.25) is 5.91 Å². The van der Waals surface area contributed by atoms with Crippen molar-refractivity contribution in [2.75, 3.05) is 24.5 Å². The monoisotopic (exact) mass is 338 g/mol. The number of carbonyl (C=O) groups is 1. The number of anilines is 1. The van der Waals surface area contributed by atoms with E-state index in [4.69, 9.17) is 0 Å². The fourth-order valence-corrected chi connectivity index (χ4v) is 3.42. The van der Waals surface area contributed by atoms with Crippen molar-refractivity contribution in [2.45, 2.75) is 32.1 Å². The average molecular weight is 338 g/mol. The third kappa shape index (κ3) is 4.56. The second kappa shape index (κ2) is 8.60. The van der Waals surface area contributed by atoms with Crippen molar-refractivity contribution in [3.63, 3.8) is 0 Å². The summed E-state index contributed by atoms with van der Waals surface area (Å²) in [6.07, 6.45) is 7.93. The van der Waals surface area contributed by atoms with Gasteiger partial charge in [0.1, 0.15) is 5.82 Å². The van der Waals surface area contributed by atoms with E-state index < -0.39 is 0 Å². The molecule has 5 heteroatoms. The predicted molar refractivity (Wildman–Crippen MR) is 99.5 cm³/mol. The van der Waals surface area contributed by atoms with Crippen molar-refractivity contribution in [3.8, 4) is 0 Å². The van der Waals surface area contributed by atoms with Gasteiger partial charge in [-0.2, -0.15) is 0 Å². The highest BCUT2D eigenvalue weighted by molar-refractivity contribution is 5.79. The zero-order chi connectivity index (χ0) is 17.5. The molecule has 1 aliphatic heterocycles. The van der Waals surface area contributed by atoms with E-state index in [1.54, 1.807) is 18.6 Å². The highest BCUT2D eigenvalue weighted by Crippen LogP contribution is 2.22. The summed E-state index contributed by atoms with van der Waals surface area (Å²) in [6.45, 7) is 4.59. The molecule has 1 N–H and O–H groups in total. The van der Waals surface area contributed by atoms with Crippen LogP contribution in [0.5, 0.6) is 0 Å². The van der Waals surface area contributed by atoms with Crippen LogP contribution >= 0.6 is 0 Å². The Morgan fingerprint density at radius 3 is 2.64 bits per heavy atom. The Bertz CT molecular complexity index is 654. The minimum Gasteiger partial charge on any atom is -0.355 e. The first kappa shape index (κ1) is 17.4. The van der Waals surface area contributed by atoms with Crippen LogP contribution in [0.2, 0.25) is 0 Å². The maximum absolute atomic E-state index is 12.5. The molecule has 1 aliphatic rings. The molecule has 1 aromatic heterocycles. The summed E-state index contributed by atoms with van der Waals surface area (Å²) in [5.74, 6) is 1.57. The number of hydrogen-bond donors (Lipinski definition) is 1. The summed E-state index contributed by atoms with van der Waals surface area (Å²) in [5, 5.41) is 3.17. The number of benzene rings is 1. The molecule has 3 rings (SSSR count). The molecule has 0 aliphatic carbocycles. The number of hydrogen-bond acceptors (Lipinski definition) is 4. The molecule has 0 radical (unpaired) electrons. The van der Waals surface area contributed by atoms with Crippen LogP contribution in [0, 0.1) is 5.92 Å². The molecular formula is C20H26N4O. The lowest BCUT2D eigenvalue weighted by molar-refractivity contribution is -0.125. The van der Waals surface area contributed by atoms with Crippen molar-refractivity contribution < 1.29 is 4.79 Å². The topological polar surface area (TPSA) is 58.1 Å². The van der Waals surface area contributed by atoms with E-state index in [0.717, 1.165) is 38.2 Å². The zero-order valence-electron chi connectivity index (χ0n) is 14.8. The highest BCUT2D eigenvalue weighted by atomic mass is 16.1. The lowest BCUT2D eigenvalue weighted by atomic mass is 9.94. The summed E-state index contributed by atoms with van der Waals surface area (Å²) in [6, 6.07) is 10.4. The summed E-state index contributed by atoms with van der Waals surface area (Å²) < 4.78 is 0. The Balaban J connectivity index is 1.48. The molecule has 1 saturated heterocycles. The van der Waals surface area contributed by atoms with E-state index in [1.165, 1.54) is 5.56 Å². The van der Waals surface area contributed by atoms with Crippen LogP contribution in [0.4, 0.5) is 5.82 Å². The normalized spacial score (nSPS) is 16.4. The van der Waals surface area contributed by atoms with Crippen LogP contribution in [-0.2, 0) is 4.79 Å². The van der Waals surface area contributed by atoms with E-state index >= 15 is 0 Å².